The molecular formula is C7H4F4O. The largest absolute Gasteiger partial charge is 0.503 e. The predicted molar refractivity (Wildman–Crippen MR) is 32.7 cm³/mol. The highest BCUT2D eigenvalue weighted by molar-refractivity contribution is 5.32. The molecule has 1 N–H and O–H groups in total. The molecule has 66 valence electrons. The van der Waals surface area contributed by atoms with Gasteiger partial charge in [0.05, 0.1) is 0 Å². The van der Waals surface area contributed by atoms with Gasteiger partial charge >= 0.3 is 0 Å². The quantitative estimate of drug-likeness (QED) is 0.479. The van der Waals surface area contributed by atoms with Crippen LogP contribution in [0.25, 0.3) is 0 Å². The summed E-state index contributed by atoms with van der Waals surface area (Å²) in [6.45, 7) is 0.871. The standard InChI is InChI=1S/C7H4F4O/c1-2-3(8)5(10)7(12)6(11)4(2)9/h12H,1H3. The summed E-state index contributed by atoms with van der Waals surface area (Å²) in [5.74, 6) is -8.33. The Labute approximate surface area is 65.3 Å². The van der Waals surface area contributed by atoms with Gasteiger partial charge in [-0.3, -0.25) is 0 Å². The summed E-state index contributed by atoms with van der Waals surface area (Å²) < 4.78 is 49.8. The molecule has 12 heavy (non-hydrogen) atoms. The predicted octanol–water partition coefficient (Wildman–Crippen LogP) is 2.26. The second-order valence-electron chi connectivity index (χ2n) is 2.23. The van der Waals surface area contributed by atoms with E-state index in [9.17, 15) is 17.6 Å². The Morgan fingerprint density at radius 1 is 0.833 bits per heavy atom. The van der Waals surface area contributed by atoms with E-state index in [1.54, 1.807) is 0 Å². The Hall–Kier alpha value is -1.26. The molecular weight excluding hydrogens is 176 g/mol. The molecule has 0 spiro atoms. The Morgan fingerprint density at radius 2 is 1.17 bits per heavy atom. The maximum Gasteiger partial charge on any atom is 0.203 e. The van der Waals surface area contributed by atoms with Crippen molar-refractivity contribution in [3.8, 4) is 5.75 Å². The van der Waals surface area contributed by atoms with Crippen LogP contribution in [-0.4, -0.2) is 5.11 Å². The highest BCUT2D eigenvalue weighted by Gasteiger charge is 2.21. The molecule has 1 rings (SSSR count). The minimum Gasteiger partial charge on any atom is -0.503 e. The van der Waals surface area contributed by atoms with Crippen molar-refractivity contribution in [1.29, 1.82) is 0 Å². The van der Waals surface area contributed by atoms with Gasteiger partial charge in [0.1, 0.15) is 0 Å². The molecule has 0 fully saturated rings. The van der Waals surface area contributed by atoms with Gasteiger partial charge in [-0.05, 0) is 6.92 Å². The lowest BCUT2D eigenvalue weighted by atomic mass is 10.2. The van der Waals surface area contributed by atoms with Crippen LogP contribution in [0, 0.1) is 30.2 Å². The average Bonchev–Trinajstić information content (AvgIpc) is 2.08. The van der Waals surface area contributed by atoms with Crippen molar-refractivity contribution in [2.24, 2.45) is 0 Å². The van der Waals surface area contributed by atoms with Crippen LogP contribution >= 0.6 is 0 Å². The van der Waals surface area contributed by atoms with Crippen LogP contribution in [0.4, 0.5) is 17.6 Å². The molecule has 0 aliphatic heterocycles. The van der Waals surface area contributed by atoms with Gasteiger partial charge in [0.25, 0.3) is 0 Å². The Kier molecular flexibility index (Phi) is 1.95. The van der Waals surface area contributed by atoms with Crippen molar-refractivity contribution in [2.45, 2.75) is 6.92 Å². The normalized spacial score (nSPS) is 10.4. The van der Waals surface area contributed by atoms with E-state index in [2.05, 4.69) is 0 Å². The average molecular weight is 180 g/mol. The minimum absolute atomic E-state index is 0.789. The van der Waals surface area contributed by atoms with E-state index in [0.29, 0.717) is 0 Å². The third-order valence-electron chi connectivity index (χ3n) is 1.46. The molecule has 0 amide bonds. The molecule has 1 aromatic carbocycles. The maximum atomic E-state index is 12.5. The van der Waals surface area contributed by atoms with Crippen molar-refractivity contribution in [3.63, 3.8) is 0 Å². The summed E-state index contributed by atoms with van der Waals surface area (Å²) in [7, 11) is 0. The molecule has 5 heteroatoms. The van der Waals surface area contributed by atoms with E-state index in [-0.39, 0.29) is 0 Å². The van der Waals surface area contributed by atoms with Crippen molar-refractivity contribution >= 4 is 0 Å². The zero-order chi connectivity index (χ0) is 9.46. The molecule has 1 aromatic rings. The van der Waals surface area contributed by atoms with Gasteiger partial charge in [0, 0.05) is 5.56 Å². The second-order valence-corrected chi connectivity index (χ2v) is 2.23. The second kappa shape index (κ2) is 2.66. The van der Waals surface area contributed by atoms with Crippen molar-refractivity contribution in [2.75, 3.05) is 0 Å². The van der Waals surface area contributed by atoms with Gasteiger partial charge in [-0.25, -0.2) is 8.78 Å². The molecule has 0 unspecified atom stereocenters. The highest BCUT2D eigenvalue weighted by Crippen LogP contribution is 2.27. The fourth-order valence-electron chi connectivity index (χ4n) is 0.730. The van der Waals surface area contributed by atoms with Gasteiger partial charge in [-0.2, -0.15) is 8.78 Å². The molecule has 0 aliphatic carbocycles. The van der Waals surface area contributed by atoms with Crippen LogP contribution in [-0.2, 0) is 0 Å². The molecule has 0 saturated heterocycles. The molecule has 0 atom stereocenters. The maximum absolute atomic E-state index is 12.5. The summed E-state index contributed by atoms with van der Waals surface area (Å²) in [6.07, 6.45) is 0. The molecule has 0 bridgehead atoms. The molecule has 0 saturated carbocycles. The lowest BCUT2D eigenvalue weighted by Crippen LogP contribution is -1.98. The van der Waals surface area contributed by atoms with Gasteiger partial charge in [-0.15, -0.1) is 0 Å². The Balaban J connectivity index is 3.60. The number of rotatable bonds is 0. The summed E-state index contributed by atoms with van der Waals surface area (Å²) in [6, 6.07) is 0. The van der Waals surface area contributed by atoms with Gasteiger partial charge < -0.3 is 5.11 Å². The van der Waals surface area contributed by atoms with E-state index >= 15 is 0 Å². The number of phenols is 1. The van der Waals surface area contributed by atoms with E-state index < -0.39 is 34.6 Å². The van der Waals surface area contributed by atoms with Crippen LogP contribution in [0.3, 0.4) is 0 Å². The van der Waals surface area contributed by atoms with E-state index in [4.69, 9.17) is 5.11 Å². The molecule has 1 nitrogen and oxygen atoms in total. The van der Waals surface area contributed by atoms with Crippen LogP contribution in [0.2, 0.25) is 0 Å². The summed E-state index contributed by atoms with van der Waals surface area (Å²) in [5, 5.41) is 8.46. The number of phenolic OH excluding ortho intramolecular Hbond substituents is 1. The van der Waals surface area contributed by atoms with Gasteiger partial charge in [0.2, 0.25) is 11.6 Å². The van der Waals surface area contributed by atoms with E-state index in [1.165, 1.54) is 0 Å². The topological polar surface area (TPSA) is 20.2 Å². The monoisotopic (exact) mass is 180 g/mol. The molecule has 0 aliphatic rings. The summed E-state index contributed by atoms with van der Waals surface area (Å²) in [4.78, 5) is 0. The number of aromatic hydroxyl groups is 1. The zero-order valence-electron chi connectivity index (χ0n) is 5.96. The number of hydrogen-bond donors (Lipinski definition) is 1. The lowest BCUT2D eigenvalue weighted by Gasteiger charge is -2.03. The third-order valence-corrected chi connectivity index (χ3v) is 1.46. The third kappa shape index (κ3) is 1.01. The van der Waals surface area contributed by atoms with Gasteiger partial charge in [-0.1, -0.05) is 0 Å². The van der Waals surface area contributed by atoms with E-state index in [0.717, 1.165) is 6.92 Å². The first-order valence-electron chi connectivity index (χ1n) is 2.98. The fraction of sp³-hybridized carbons (Fsp3) is 0.143. The highest BCUT2D eigenvalue weighted by atomic mass is 19.2. The minimum atomic E-state index is -1.77. The smallest absolute Gasteiger partial charge is 0.203 e. The molecule has 0 radical (unpaired) electrons. The van der Waals surface area contributed by atoms with Crippen LogP contribution < -0.4 is 0 Å². The van der Waals surface area contributed by atoms with Gasteiger partial charge in [0.15, 0.2) is 17.4 Å². The number of hydrogen-bond acceptors (Lipinski definition) is 1. The summed E-state index contributed by atoms with van der Waals surface area (Å²) >= 11 is 0. The number of benzene rings is 1. The summed E-state index contributed by atoms with van der Waals surface area (Å²) in [5.41, 5.74) is -0.789. The molecule has 0 heterocycles. The Morgan fingerprint density at radius 3 is 1.50 bits per heavy atom. The Bertz CT molecular complexity index is 230. The zero-order valence-corrected chi connectivity index (χ0v) is 5.96. The fourth-order valence-corrected chi connectivity index (χ4v) is 0.730. The van der Waals surface area contributed by atoms with Crippen LogP contribution in [0.1, 0.15) is 5.56 Å². The number of halogens is 4. The van der Waals surface area contributed by atoms with Crippen LogP contribution in [0.5, 0.6) is 5.75 Å². The van der Waals surface area contributed by atoms with Crippen molar-refractivity contribution in [1.82, 2.24) is 0 Å². The first-order chi connectivity index (χ1) is 5.46. The van der Waals surface area contributed by atoms with Crippen molar-refractivity contribution in [3.05, 3.63) is 28.8 Å². The first kappa shape index (κ1) is 8.83. The van der Waals surface area contributed by atoms with Crippen LogP contribution in [0.15, 0.2) is 0 Å². The van der Waals surface area contributed by atoms with Crippen molar-refractivity contribution < 1.29 is 22.7 Å². The SMILES string of the molecule is Cc1c(F)c(F)c(O)c(F)c1F. The van der Waals surface area contributed by atoms with E-state index in [1.807, 2.05) is 0 Å². The first-order valence-corrected chi connectivity index (χ1v) is 2.98. The molecule has 0 aromatic heterocycles. The lowest BCUT2D eigenvalue weighted by molar-refractivity contribution is 0.353.